The second kappa shape index (κ2) is 16.9. The summed E-state index contributed by atoms with van der Waals surface area (Å²) in [5.74, 6) is 0. The average molecular weight is 958 g/mol. The first-order valence-electron chi connectivity index (χ1n) is 23.6. The number of nitrogens with zero attached hydrogens (tertiary/aromatic N) is 3. The summed E-state index contributed by atoms with van der Waals surface area (Å²) in [6.45, 7) is 12.5. The Hall–Kier alpha value is -8.35. The second-order valence-electron chi connectivity index (χ2n) is 19.0. The fourth-order valence-corrected chi connectivity index (χ4v) is 11.5. The van der Waals surface area contributed by atoms with Crippen LogP contribution in [0.4, 0.5) is 26.3 Å². The first kappa shape index (κ1) is 46.1. The van der Waals surface area contributed by atoms with Gasteiger partial charge in [0, 0.05) is 32.7 Å². The van der Waals surface area contributed by atoms with Crippen LogP contribution in [0.3, 0.4) is 0 Å². The number of benzene rings is 9. The van der Waals surface area contributed by atoms with Crippen LogP contribution in [0, 0.1) is 52.9 Å². The van der Waals surface area contributed by atoms with Crippen molar-refractivity contribution >= 4 is 43.6 Å². The lowest BCUT2D eigenvalue weighted by molar-refractivity contribution is -0.142. The molecule has 3 nitrogen and oxygen atoms in total. The van der Waals surface area contributed by atoms with Crippen molar-refractivity contribution < 1.29 is 26.3 Å². The summed E-state index contributed by atoms with van der Waals surface area (Å²) in [4.78, 5) is 0. The van der Waals surface area contributed by atoms with Crippen molar-refractivity contribution in [2.24, 2.45) is 0 Å². The van der Waals surface area contributed by atoms with Gasteiger partial charge in [-0.3, -0.25) is 0 Å². The van der Waals surface area contributed by atoms with E-state index in [1.165, 1.54) is 6.07 Å². The van der Waals surface area contributed by atoms with Gasteiger partial charge in [0.25, 0.3) is 0 Å². The van der Waals surface area contributed by atoms with E-state index in [4.69, 9.17) is 0 Å². The Morgan fingerprint density at radius 1 is 0.389 bits per heavy atom. The van der Waals surface area contributed by atoms with Crippen LogP contribution in [-0.4, -0.2) is 9.13 Å². The van der Waals surface area contributed by atoms with Crippen LogP contribution in [-0.2, 0) is 12.4 Å². The molecular formula is C63H45F6N3. The maximum Gasteiger partial charge on any atom is 0.417 e. The molecule has 0 saturated heterocycles. The van der Waals surface area contributed by atoms with Gasteiger partial charge in [-0.05, 0) is 164 Å². The van der Waals surface area contributed by atoms with E-state index < -0.39 is 29.0 Å². The van der Waals surface area contributed by atoms with Crippen LogP contribution in [0.1, 0.15) is 50.1 Å². The van der Waals surface area contributed by atoms with Crippen molar-refractivity contribution in [3.63, 3.8) is 0 Å². The summed E-state index contributed by atoms with van der Waals surface area (Å²) in [6.07, 6.45) is -10.2. The number of rotatable bonds is 6. The van der Waals surface area contributed by atoms with Crippen LogP contribution in [0.5, 0.6) is 0 Å². The van der Waals surface area contributed by atoms with Gasteiger partial charge in [0.2, 0.25) is 0 Å². The predicted molar refractivity (Wildman–Crippen MR) is 280 cm³/mol. The van der Waals surface area contributed by atoms with Gasteiger partial charge in [0.05, 0.1) is 56.2 Å². The number of nitriles is 1. The van der Waals surface area contributed by atoms with E-state index >= 15 is 13.2 Å². The van der Waals surface area contributed by atoms with E-state index in [0.717, 1.165) is 105 Å². The predicted octanol–water partition coefficient (Wildman–Crippen LogP) is 18.3. The van der Waals surface area contributed by atoms with Gasteiger partial charge in [-0.25, -0.2) is 0 Å². The molecule has 0 N–H and O–H groups in total. The third-order valence-electron chi connectivity index (χ3n) is 14.2. The molecule has 0 aliphatic rings. The number of hydrogen-bond donors (Lipinski definition) is 0. The molecule has 9 heteroatoms. The van der Waals surface area contributed by atoms with Gasteiger partial charge < -0.3 is 9.13 Å². The molecule has 0 bridgehead atoms. The van der Waals surface area contributed by atoms with Crippen LogP contribution in [0.25, 0.3) is 99.5 Å². The van der Waals surface area contributed by atoms with Gasteiger partial charge >= 0.3 is 12.4 Å². The lowest BCUT2D eigenvalue weighted by Gasteiger charge is -2.24. The Balaban J connectivity index is 1.27. The maximum absolute atomic E-state index is 15.5. The zero-order valence-corrected chi connectivity index (χ0v) is 40.2. The van der Waals surface area contributed by atoms with Gasteiger partial charge in [-0.1, -0.05) is 108 Å². The molecule has 0 aliphatic heterocycles. The van der Waals surface area contributed by atoms with Crippen molar-refractivity contribution in [3.05, 3.63) is 214 Å². The summed E-state index contributed by atoms with van der Waals surface area (Å²) < 4.78 is 93.4. The first-order valence-corrected chi connectivity index (χ1v) is 23.6. The minimum Gasteiger partial charge on any atom is -0.309 e. The molecule has 354 valence electrons. The van der Waals surface area contributed by atoms with Crippen molar-refractivity contribution in [1.82, 2.24) is 9.13 Å². The quantitative estimate of drug-likeness (QED) is 0.153. The zero-order valence-electron chi connectivity index (χ0n) is 40.2. The molecule has 0 spiro atoms. The fourth-order valence-electron chi connectivity index (χ4n) is 11.5. The van der Waals surface area contributed by atoms with E-state index in [1.54, 1.807) is 18.2 Å². The molecule has 11 aromatic rings. The van der Waals surface area contributed by atoms with E-state index in [2.05, 4.69) is 90.1 Å². The van der Waals surface area contributed by atoms with E-state index in [9.17, 15) is 18.4 Å². The fraction of sp³-hybridized carbons (Fsp3) is 0.127. The molecule has 0 saturated carbocycles. The molecule has 0 atom stereocenters. The summed E-state index contributed by atoms with van der Waals surface area (Å²) >= 11 is 0. The molecule has 9 aromatic carbocycles. The highest BCUT2D eigenvalue weighted by atomic mass is 19.4. The van der Waals surface area contributed by atoms with E-state index in [0.29, 0.717) is 23.0 Å². The Kier molecular flexibility index (Phi) is 10.8. The van der Waals surface area contributed by atoms with Crippen LogP contribution in [0.2, 0.25) is 0 Å². The third kappa shape index (κ3) is 7.43. The highest BCUT2D eigenvalue weighted by Crippen LogP contribution is 2.50. The lowest BCUT2D eigenvalue weighted by atomic mass is 9.86. The molecule has 0 unspecified atom stereocenters. The molecule has 0 radical (unpaired) electrons. The molecule has 72 heavy (non-hydrogen) atoms. The summed E-state index contributed by atoms with van der Waals surface area (Å²) in [5, 5.41) is 14.8. The molecule has 11 rings (SSSR count). The summed E-state index contributed by atoms with van der Waals surface area (Å²) in [7, 11) is 0. The Labute approximate surface area is 412 Å². The van der Waals surface area contributed by atoms with Gasteiger partial charge in [0.15, 0.2) is 0 Å². The van der Waals surface area contributed by atoms with Crippen molar-refractivity contribution in [2.45, 2.75) is 53.9 Å². The van der Waals surface area contributed by atoms with Crippen LogP contribution in [0.15, 0.2) is 164 Å². The average Bonchev–Trinajstić information content (AvgIpc) is 3.84. The van der Waals surface area contributed by atoms with Crippen molar-refractivity contribution in [2.75, 3.05) is 0 Å². The standard InChI is InChI=1S/C63H45F6N3/c1-35-27-37(3)58(38(4)28-35)41-21-25-54-49(31-41)46-14-7-9-17-52(46)71(54)56-19-11-13-43(34-70)60(56)61-48(45-24-23-44(62(64,65)66)33-51(45)63(67,68)69)16-12-20-57(61)72-53-18-10-8-15-47(53)50-32-42(22-26-55(50)72)59-39(5)29-36(2)30-40(59)6/h7-33H,1-6H3. The molecule has 0 amide bonds. The van der Waals surface area contributed by atoms with Gasteiger partial charge in [-0.15, -0.1) is 0 Å². The summed E-state index contributed by atoms with van der Waals surface area (Å²) in [5.41, 5.74) is 12.4. The Bertz CT molecular complexity index is 4050. The monoisotopic (exact) mass is 957 g/mol. The van der Waals surface area contributed by atoms with Crippen LogP contribution < -0.4 is 0 Å². The SMILES string of the molecule is Cc1cc(C)c(-c2ccc3c(c2)c2ccccc2n3-c2cccc(C#N)c2-c2c(-c3ccc(C(F)(F)F)cc3C(F)(F)F)cccc2-n2c3ccccc3c3cc(-c4c(C)cc(C)cc4C)ccc32)c(C)c1. The highest BCUT2D eigenvalue weighted by Gasteiger charge is 2.39. The van der Waals surface area contributed by atoms with E-state index in [-0.39, 0.29) is 22.8 Å². The number of alkyl halides is 6. The largest absolute Gasteiger partial charge is 0.417 e. The highest BCUT2D eigenvalue weighted by molar-refractivity contribution is 6.14. The lowest BCUT2D eigenvalue weighted by Crippen LogP contribution is -2.13. The number of fused-ring (bicyclic) bond motifs is 6. The zero-order chi connectivity index (χ0) is 50.5. The Morgan fingerprint density at radius 2 is 0.847 bits per heavy atom. The van der Waals surface area contributed by atoms with Crippen LogP contribution >= 0.6 is 0 Å². The maximum atomic E-state index is 15.5. The summed E-state index contributed by atoms with van der Waals surface area (Å²) in [6, 6.07) is 51.1. The first-order chi connectivity index (χ1) is 34.4. The minimum absolute atomic E-state index is 0.000620. The molecule has 2 heterocycles. The minimum atomic E-state index is -5.20. The normalized spacial score (nSPS) is 12.2. The Morgan fingerprint density at radius 3 is 1.32 bits per heavy atom. The smallest absolute Gasteiger partial charge is 0.309 e. The third-order valence-corrected chi connectivity index (χ3v) is 14.2. The molecular weight excluding hydrogens is 913 g/mol. The van der Waals surface area contributed by atoms with E-state index in [1.807, 2.05) is 88.0 Å². The molecule has 2 aromatic heterocycles. The second-order valence-corrected chi connectivity index (χ2v) is 19.0. The number of aromatic nitrogens is 2. The van der Waals surface area contributed by atoms with Crippen molar-refractivity contribution in [1.29, 1.82) is 5.26 Å². The van der Waals surface area contributed by atoms with Crippen molar-refractivity contribution in [3.8, 4) is 62.0 Å². The molecule has 0 fully saturated rings. The number of para-hydroxylation sites is 2. The van der Waals surface area contributed by atoms with Gasteiger partial charge in [-0.2, -0.15) is 31.6 Å². The molecule has 0 aliphatic carbocycles. The topological polar surface area (TPSA) is 33.6 Å². The number of hydrogen-bond acceptors (Lipinski definition) is 1. The van der Waals surface area contributed by atoms with Gasteiger partial charge in [0.1, 0.15) is 0 Å². The number of aryl methyl sites for hydroxylation is 6. The number of halogens is 6.